The van der Waals surface area contributed by atoms with Gasteiger partial charge in [0.25, 0.3) is 10.2 Å². The van der Waals surface area contributed by atoms with Crippen molar-refractivity contribution < 1.29 is 13.2 Å². The van der Waals surface area contributed by atoms with Crippen LogP contribution in [0.15, 0.2) is 0 Å². The van der Waals surface area contributed by atoms with E-state index in [4.69, 9.17) is 0 Å². The quantitative estimate of drug-likeness (QED) is 0.561. The lowest BCUT2D eigenvalue weighted by molar-refractivity contribution is 0.204. The highest BCUT2D eigenvalue weighted by molar-refractivity contribution is 7.87. The van der Waals surface area contributed by atoms with Gasteiger partial charge in [0.15, 0.2) is 0 Å². The van der Waals surface area contributed by atoms with Crippen molar-refractivity contribution in [3.63, 3.8) is 0 Å². The van der Waals surface area contributed by atoms with Gasteiger partial charge in [-0.1, -0.05) is 0 Å². The second kappa shape index (κ2) is 5.47. The molecular formula is C6H16N2O3S. The van der Waals surface area contributed by atoms with Crippen LogP contribution in [0.2, 0.25) is 0 Å². The van der Waals surface area contributed by atoms with Crippen molar-refractivity contribution in [3.8, 4) is 0 Å². The van der Waals surface area contributed by atoms with Gasteiger partial charge in [0.2, 0.25) is 0 Å². The van der Waals surface area contributed by atoms with Crippen LogP contribution in [0.3, 0.4) is 0 Å². The molecule has 0 radical (unpaired) electrons. The van der Waals surface area contributed by atoms with Crippen LogP contribution in [-0.2, 0) is 14.9 Å². The van der Waals surface area contributed by atoms with Gasteiger partial charge in [-0.15, -0.1) is 0 Å². The molecule has 0 saturated heterocycles. The summed E-state index contributed by atoms with van der Waals surface area (Å²) in [6, 6.07) is -0.0926. The predicted molar refractivity (Wildman–Crippen MR) is 47.1 cm³/mol. The molecule has 0 aliphatic heterocycles. The topological polar surface area (TPSA) is 67.4 Å². The third-order valence-corrected chi connectivity index (χ3v) is 2.35. The fraction of sp³-hybridized carbons (Fsp3) is 1.00. The Labute approximate surface area is 73.7 Å². The monoisotopic (exact) mass is 196 g/mol. The molecule has 0 rings (SSSR count). The predicted octanol–water partition coefficient (Wildman–Crippen LogP) is -0.535. The standard InChI is InChI=1S/C6H16N2O3S/c1-6(2)8-12(9,10)7-4-5-11-3/h6-8H,4-5H2,1-3H3. The van der Waals surface area contributed by atoms with Gasteiger partial charge in [0.05, 0.1) is 6.61 Å². The van der Waals surface area contributed by atoms with Crippen molar-refractivity contribution in [1.29, 1.82) is 0 Å². The van der Waals surface area contributed by atoms with E-state index in [0.717, 1.165) is 0 Å². The van der Waals surface area contributed by atoms with Crippen LogP contribution in [0, 0.1) is 0 Å². The molecule has 0 bridgehead atoms. The van der Waals surface area contributed by atoms with Crippen molar-refractivity contribution in [2.75, 3.05) is 20.3 Å². The van der Waals surface area contributed by atoms with Crippen molar-refractivity contribution in [3.05, 3.63) is 0 Å². The van der Waals surface area contributed by atoms with Crippen LogP contribution < -0.4 is 9.44 Å². The van der Waals surface area contributed by atoms with Gasteiger partial charge in [-0.05, 0) is 13.8 Å². The van der Waals surface area contributed by atoms with E-state index in [9.17, 15) is 8.42 Å². The van der Waals surface area contributed by atoms with Gasteiger partial charge in [-0.25, -0.2) is 0 Å². The molecule has 0 aromatic rings. The van der Waals surface area contributed by atoms with Crippen molar-refractivity contribution >= 4 is 10.2 Å². The highest BCUT2D eigenvalue weighted by Crippen LogP contribution is 1.82. The summed E-state index contributed by atoms with van der Waals surface area (Å²) < 4.78 is 31.5. The molecule has 0 aromatic carbocycles. The van der Waals surface area contributed by atoms with Gasteiger partial charge in [-0.2, -0.15) is 17.9 Å². The summed E-state index contributed by atoms with van der Waals surface area (Å²) in [7, 11) is -1.82. The summed E-state index contributed by atoms with van der Waals surface area (Å²) in [5.74, 6) is 0. The Morgan fingerprint density at radius 1 is 1.42 bits per heavy atom. The molecule has 0 saturated carbocycles. The van der Waals surface area contributed by atoms with E-state index < -0.39 is 10.2 Å². The van der Waals surface area contributed by atoms with Crippen molar-refractivity contribution in [2.24, 2.45) is 0 Å². The maximum absolute atomic E-state index is 11.0. The molecule has 6 heteroatoms. The van der Waals surface area contributed by atoms with E-state index in [-0.39, 0.29) is 6.04 Å². The maximum atomic E-state index is 11.0. The van der Waals surface area contributed by atoms with Crippen LogP contribution >= 0.6 is 0 Å². The van der Waals surface area contributed by atoms with Crippen molar-refractivity contribution in [2.45, 2.75) is 19.9 Å². The van der Waals surface area contributed by atoms with Crippen LogP contribution in [-0.4, -0.2) is 34.7 Å². The SMILES string of the molecule is COCCNS(=O)(=O)NC(C)C. The number of hydrogen-bond donors (Lipinski definition) is 2. The summed E-state index contributed by atoms with van der Waals surface area (Å²) in [5, 5.41) is 0. The van der Waals surface area contributed by atoms with E-state index in [1.165, 1.54) is 7.11 Å². The Hall–Kier alpha value is -0.170. The lowest BCUT2D eigenvalue weighted by Crippen LogP contribution is -2.41. The third-order valence-electron chi connectivity index (χ3n) is 0.989. The van der Waals surface area contributed by atoms with Gasteiger partial charge in [0.1, 0.15) is 0 Å². The number of hydrogen-bond acceptors (Lipinski definition) is 3. The van der Waals surface area contributed by atoms with Gasteiger partial charge in [0, 0.05) is 19.7 Å². The molecule has 0 aliphatic rings. The van der Waals surface area contributed by atoms with Crippen LogP contribution in [0.1, 0.15) is 13.8 Å². The number of ether oxygens (including phenoxy) is 1. The largest absolute Gasteiger partial charge is 0.383 e. The molecule has 5 nitrogen and oxygen atoms in total. The number of methoxy groups -OCH3 is 1. The van der Waals surface area contributed by atoms with Gasteiger partial charge in [-0.3, -0.25) is 0 Å². The average molecular weight is 196 g/mol. The van der Waals surface area contributed by atoms with Crippen LogP contribution in [0.5, 0.6) is 0 Å². The van der Waals surface area contributed by atoms with E-state index in [2.05, 4.69) is 14.2 Å². The fourth-order valence-electron chi connectivity index (χ4n) is 0.630. The Kier molecular flexibility index (Phi) is 5.39. The van der Waals surface area contributed by atoms with E-state index in [1.54, 1.807) is 13.8 Å². The zero-order chi connectivity index (χ0) is 9.61. The molecule has 0 amide bonds. The highest BCUT2D eigenvalue weighted by Gasteiger charge is 2.09. The summed E-state index contributed by atoms with van der Waals surface area (Å²) >= 11 is 0. The first-order valence-corrected chi connectivity index (χ1v) is 5.22. The summed E-state index contributed by atoms with van der Waals surface area (Å²) in [4.78, 5) is 0. The lowest BCUT2D eigenvalue weighted by Gasteiger charge is -2.09. The lowest BCUT2D eigenvalue weighted by atomic mass is 10.4. The minimum Gasteiger partial charge on any atom is -0.383 e. The molecule has 0 spiro atoms. The molecule has 74 valence electrons. The smallest absolute Gasteiger partial charge is 0.277 e. The van der Waals surface area contributed by atoms with Crippen LogP contribution in [0.25, 0.3) is 0 Å². The zero-order valence-corrected chi connectivity index (χ0v) is 8.44. The number of rotatable bonds is 6. The van der Waals surface area contributed by atoms with E-state index in [0.29, 0.717) is 13.2 Å². The van der Waals surface area contributed by atoms with Crippen LogP contribution in [0.4, 0.5) is 0 Å². The first-order chi connectivity index (χ1) is 5.48. The Morgan fingerprint density at radius 2 is 2.00 bits per heavy atom. The Bertz CT molecular complexity index is 201. The molecule has 0 aliphatic carbocycles. The summed E-state index contributed by atoms with van der Waals surface area (Å²) in [6.45, 7) is 4.18. The summed E-state index contributed by atoms with van der Waals surface area (Å²) in [6.07, 6.45) is 0. The summed E-state index contributed by atoms with van der Waals surface area (Å²) in [5.41, 5.74) is 0. The normalized spacial score (nSPS) is 12.3. The Balaban J connectivity index is 3.73. The van der Waals surface area contributed by atoms with E-state index in [1.807, 2.05) is 0 Å². The molecule has 0 fully saturated rings. The highest BCUT2D eigenvalue weighted by atomic mass is 32.2. The average Bonchev–Trinajstić information content (AvgIpc) is 1.84. The molecule has 0 heterocycles. The molecule has 0 atom stereocenters. The second-order valence-corrected chi connectivity index (χ2v) is 4.19. The zero-order valence-electron chi connectivity index (χ0n) is 7.62. The van der Waals surface area contributed by atoms with Gasteiger partial charge >= 0.3 is 0 Å². The minimum absolute atomic E-state index is 0.0926. The molecule has 0 unspecified atom stereocenters. The minimum atomic E-state index is -3.33. The van der Waals surface area contributed by atoms with Gasteiger partial charge < -0.3 is 4.74 Å². The maximum Gasteiger partial charge on any atom is 0.277 e. The first-order valence-electron chi connectivity index (χ1n) is 3.74. The third kappa shape index (κ3) is 6.53. The van der Waals surface area contributed by atoms with E-state index >= 15 is 0 Å². The Morgan fingerprint density at radius 3 is 2.42 bits per heavy atom. The van der Waals surface area contributed by atoms with Crippen molar-refractivity contribution in [1.82, 2.24) is 9.44 Å². The second-order valence-electron chi connectivity index (χ2n) is 2.66. The molecule has 2 N–H and O–H groups in total. The first kappa shape index (κ1) is 11.8. The fourth-order valence-corrected chi connectivity index (χ4v) is 1.69. The molecular weight excluding hydrogens is 180 g/mol. The number of nitrogens with one attached hydrogen (secondary N) is 2. The molecule has 0 aromatic heterocycles. The molecule has 12 heavy (non-hydrogen) atoms.